The SMILES string of the molecule is CC1CNCCN1c1nc2cc(Cl)cc(CC3CCCCC3)c2o1. The number of oxazole rings is 1. The van der Waals surface area contributed by atoms with Gasteiger partial charge in [0.2, 0.25) is 0 Å². The van der Waals surface area contributed by atoms with E-state index in [0.717, 1.165) is 54.1 Å². The van der Waals surface area contributed by atoms with Crippen LogP contribution in [0.25, 0.3) is 11.1 Å². The summed E-state index contributed by atoms with van der Waals surface area (Å²) in [4.78, 5) is 7.01. The van der Waals surface area contributed by atoms with Crippen molar-refractivity contribution in [3.8, 4) is 0 Å². The molecular weight excluding hydrogens is 322 g/mol. The van der Waals surface area contributed by atoms with Crippen LogP contribution in [0.3, 0.4) is 0 Å². The predicted octanol–water partition coefficient (Wildman–Crippen LogP) is 4.40. The van der Waals surface area contributed by atoms with Gasteiger partial charge in [-0.3, -0.25) is 0 Å². The number of nitrogens with one attached hydrogen (secondary N) is 1. The maximum atomic E-state index is 6.36. The number of hydrogen-bond acceptors (Lipinski definition) is 4. The molecule has 1 saturated heterocycles. The van der Waals surface area contributed by atoms with Crippen LogP contribution in [-0.2, 0) is 6.42 Å². The third kappa shape index (κ3) is 3.27. The number of halogens is 1. The average Bonchev–Trinajstić information content (AvgIpc) is 3.00. The molecule has 1 saturated carbocycles. The van der Waals surface area contributed by atoms with Crippen molar-refractivity contribution in [2.45, 2.75) is 51.5 Å². The lowest BCUT2D eigenvalue weighted by Crippen LogP contribution is -2.50. The van der Waals surface area contributed by atoms with Gasteiger partial charge in [0, 0.05) is 30.7 Å². The van der Waals surface area contributed by atoms with Gasteiger partial charge in [-0.1, -0.05) is 43.7 Å². The molecule has 1 aliphatic heterocycles. The summed E-state index contributed by atoms with van der Waals surface area (Å²) < 4.78 is 6.23. The molecule has 1 atom stereocenters. The van der Waals surface area contributed by atoms with Crippen molar-refractivity contribution in [3.63, 3.8) is 0 Å². The smallest absolute Gasteiger partial charge is 0.298 e. The molecule has 0 spiro atoms. The average molecular weight is 348 g/mol. The van der Waals surface area contributed by atoms with Crippen LogP contribution >= 0.6 is 11.6 Å². The highest BCUT2D eigenvalue weighted by atomic mass is 35.5. The molecule has 0 radical (unpaired) electrons. The van der Waals surface area contributed by atoms with Gasteiger partial charge in [-0.05, 0) is 37.0 Å². The number of nitrogens with zero attached hydrogens (tertiary/aromatic N) is 2. The third-order valence-electron chi connectivity index (χ3n) is 5.50. The molecular formula is C19H26ClN3O. The van der Waals surface area contributed by atoms with Crippen LogP contribution in [0.15, 0.2) is 16.5 Å². The maximum Gasteiger partial charge on any atom is 0.298 e. The van der Waals surface area contributed by atoms with E-state index in [4.69, 9.17) is 21.0 Å². The largest absolute Gasteiger partial charge is 0.423 e. The molecule has 5 heteroatoms. The van der Waals surface area contributed by atoms with Gasteiger partial charge >= 0.3 is 0 Å². The molecule has 0 bridgehead atoms. The van der Waals surface area contributed by atoms with Crippen molar-refractivity contribution in [2.75, 3.05) is 24.5 Å². The third-order valence-corrected chi connectivity index (χ3v) is 5.72. The van der Waals surface area contributed by atoms with E-state index in [-0.39, 0.29) is 0 Å². The minimum absolute atomic E-state index is 0.393. The molecule has 2 aliphatic rings. The summed E-state index contributed by atoms with van der Waals surface area (Å²) in [5.41, 5.74) is 3.06. The fraction of sp³-hybridized carbons (Fsp3) is 0.632. The quantitative estimate of drug-likeness (QED) is 0.893. The first-order valence-electron chi connectivity index (χ1n) is 9.27. The van der Waals surface area contributed by atoms with Gasteiger partial charge < -0.3 is 14.6 Å². The highest BCUT2D eigenvalue weighted by Gasteiger charge is 2.24. The van der Waals surface area contributed by atoms with Crippen LogP contribution in [-0.4, -0.2) is 30.7 Å². The second-order valence-electron chi connectivity index (χ2n) is 7.36. The number of fused-ring (bicyclic) bond motifs is 1. The number of hydrogen-bond donors (Lipinski definition) is 1. The van der Waals surface area contributed by atoms with Gasteiger partial charge in [-0.2, -0.15) is 4.98 Å². The summed E-state index contributed by atoms with van der Waals surface area (Å²) in [6.07, 6.45) is 7.80. The van der Waals surface area contributed by atoms with Gasteiger partial charge in [-0.15, -0.1) is 0 Å². The molecule has 24 heavy (non-hydrogen) atoms. The highest BCUT2D eigenvalue weighted by Crippen LogP contribution is 2.33. The lowest BCUT2D eigenvalue weighted by Gasteiger charge is -2.32. The van der Waals surface area contributed by atoms with Crippen LogP contribution in [0.5, 0.6) is 0 Å². The molecule has 1 aliphatic carbocycles. The van der Waals surface area contributed by atoms with Crippen molar-refractivity contribution < 1.29 is 4.42 Å². The Morgan fingerprint density at radius 3 is 2.92 bits per heavy atom. The predicted molar refractivity (Wildman–Crippen MR) is 99.0 cm³/mol. The normalized spacial score (nSPS) is 23.1. The van der Waals surface area contributed by atoms with Gasteiger partial charge in [0.15, 0.2) is 5.58 Å². The monoisotopic (exact) mass is 347 g/mol. The second-order valence-corrected chi connectivity index (χ2v) is 7.80. The van der Waals surface area contributed by atoms with E-state index in [1.807, 2.05) is 6.07 Å². The minimum Gasteiger partial charge on any atom is -0.423 e. The Hall–Kier alpha value is -1.26. The first-order chi connectivity index (χ1) is 11.7. The number of benzene rings is 1. The Morgan fingerprint density at radius 1 is 1.29 bits per heavy atom. The van der Waals surface area contributed by atoms with Crippen molar-refractivity contribution in [3.05, 3.63) is 22.7 Å². The van der Waals surface area contributed by atoms with Crippen LogP contribution in [0.4, 0.5) is 6.01 Å². The van der Waals surface area contributed by atoms with Gasteiger partial charge in [-0.25, -0.2) is 0 Å². The molecule has 4 nitrogen and oxygen atoms in total. The van der Waals surface area contributed by atoms with Crippen molar-refractivity contribution in [1.82, 2.24) is 10.3 Å². The van der Waals surface area contributed by atoms with E-state index in [2.05, 4.69) is 23.2 Å². The molecule has 4 rings (SSSR count). The molecule has 1 aromatic carbocycles. The highest BCUT2D eigenvalue weighted by molar-refractivity contribution is 6.31. The van der Waals surface area contributed by atoms with E-state index >= 15 is 0 Å². The molecule has 2 fully saturated rings. The number of anilines is 1. The summed E-state index contributed by atoms with van der Waals surface area (Å²) >= 11 is 6.36. The summed E-state index contributed by atoms with van der Waals surface area (Å²) in [7, 11) is 0. The lowest BCUT2D eigenvalue weighted by atomic mass is 9.85. The zero-order valence-electron chi connectivity index (χ0n) is 14.4. The molecule has 0 amide bonds. The van der Waals surface area contributed by atoms with E-state index in [9.17, 15) is 0 Å². The Labute approximate surface area is 148 Å². The topological polar surface area (TPSA) is 41.3 Å². The Morgan fingerprint density at radius 2 is 2.12 bits per heavy atom. The second kappa shape index (κ2) is 6.93. The summed E-state index contributed by atoms with van der Waals surface area (Å²) in [5.74, 6) is 0.757. The molecule has 130 valence electrons. The van der Waals surface area contributed by atoms with Gasteiger partial charge in [0.25, 0.3) is 6.01 Å². The van der Waals surface area contributed by atoms with E-state index in [1.54, 1.807) is 0 Å². The molecule has 2 heterocycles. The van der Waals surface area contributed by atoms with Crippen LogP contribution in [0.2, 0.25) is 5.02 Å². The fourth-order valence-electron chi connectivity index (χ4n) is 4.15. The zero-order valence-corrected chi connectivity index (χ0v) is 15.1. The number of rotatable bonds is 3. The molecule has 1 aromatic heterocycles. The van der Waals surface area contributed by atoms with Crippen molar-refractivity contribution >= 4 is 28.7 Å². The Kier molecular flexibility index (Phi) is 4.68. The first kappa shape index (κ1) is 16.2. The Balaban J connectivity index is 1.66. The Bertz CT molecular complexity index is 708. The summed E-state index contributed by atoms with van der Waals surface area (Å²) in [6.45, 7) is 5.07. The summed E-state index contributed by atoms with van der Waals surface area (Å²) in [5, 5.41) is 4.18. The first-order valence-corrected chi connectivity index (χ1v) is 9.65. The number of aromatic nitrogens is 1. The fourth-order valence-corrected chi connectivity index (χ4v) is 4.39. The van der Waals surface area contributed by atoms with Crippen LogP contribution in [0.1, 0.15) is 44.6 Å². The van der Waals surface area contributed by atoms with Gasteiger partial charge in [0.05, 0.1) is 0 Å². The van der Waals surface area contributed by atoms with Crippen molar-refractivity contribution in [1.29, 1.82) is 0 Å². The van der Waals surface area contributed by atoms with E-state index < -0.39 is 0 Å². The van der Waals surface area contributed by atoms with E-state index in [0.29, 0.717) is 6.04 Å². The maximum absolute atomic E-state index is 6.36. The van der Waals surface area contributed by atoms with Gasteiger partial charge in [0.1, 0.15) is 5.52 Å². The van der Waals surface area contributed by atoms with Crippen molar-refractivity contribution in [2.24, 2.45) is 5.92 Å². The molecule has 2 aromatic rings. The zero-order chi connectivity index (χ0) is 16.5. The molecule has 1 N–H and O–H groups in total. The van der Waals surface area contributed by atoms with Crippen LogP contribution < -0.4 is 10.2 Å². The molecule has 1 unspecified atom stereocenters. The lowest BCUT2D eigenvalue weighted by molar-refractivity contribution is 0.356. The minimum atomic E-state index is 0.393. The van der Waals surface area contributed by atoms with Crippen LogP contribution in [0, 0.1) is 5.92 Å². The number of piperazine rings is 1. The summed E-state index contributed by atoms with van der Waals surface area (Å²) in [6, 6.07) is 5.14. The standard InChI is InChI=1S/C19H26ClN3O/c1-13-12-21-7-8-23(13)19-22-17-11-16(20)10-15(18(17)24-19)9-14-5-3-2-4-6-14/h10-11,13-14,21H,2-9,12H2,1H3. The van der Waals surface area contributed by atoms with E-state index in [1.165, 1.54) is 37.7 Å².